The average molecular weight is 235 g/mol. The smallest absolute Gasteiger partial charge is 0.198 e. The van der Waals surface area contributed by atoms with Crippen LogP contribution in [0, 0.1) is 5.41 Å². The first-order valence-electron chi connectivity index (χ1n) is 5.72. The van der Waals surface area contributed by atoms with Gasteiger partial charge in [-0.25, -0.2) is 0 Å². The molecule has 1 rings (SSSR count). The first-order chi connectivity index (χ1) is 8.13. The molecule has 0 heterocycles. The summed E-state index contributed by atoms with van der Waals surface area (Å²) in [7, 11) is 5.33. The third kappa shape index (κ3) is 4.72. The molecule has 0 aromatic heterocycles. The van der Waals surface area contributed by atoms with Gasteiger partial charge in [0.1, 0.15) is 0 Å². The number of hydrogen-bond donors (Lipinski definition) is 3. The van der Waals surface area contributed by atoms with Crippen molar-refractivity contribution < 1.29 is 0 Å². The van der Waals surface area contributed by atoms with Gasteiger partial charge in [0, 0.05) is 27.7 Å². The predicted molar refractivity (Wildman–Crippen MR) is 72.4 cm³/mol. The van der Waals surface area contributed by atoms with Crippen molar-refractivity contribution >= 4 is 11.9 Å². The monoisotopic (exact) mass is 235 g/mol. The Morgan fingerprint density at radius 3 is 2.76 bits per heavy atom. The third-order valence-corrected chi connectivity index (χ3v) is 2.44. The number of hydrogen-bond acceptors (Lipinski definition) is 2. The van der Waals surface area contributed by atoms with Gasteiger partial charge in [0.25, 0.3) is 0 Å². The largest absolute Gasteiger partial charge is 0.352 e. The Labute approximate surface area is 103 Å². The van der Waals surface area contributed by atoms with Gasteiger partial charge in [0.05, 0.1) is 0 Å². The zero-order chi connectivity index (χ0) is 12.7. The van der Waals surface area contributed by atoms with Crippen LogP contribution < -0.4 is 10.6 Å². The van der Waals surface area contributed by atoms with Crippen LogP contribution in [-0.2, 0) is 0 Å². The second kappa shape index (κ2) is 6.73. The van der Waals surface area contributed by atoms with Crippen molar-refractivity contribution in [3.05, 3.63) is 23.8 Å². The van der Waals surface area contributed by atoms with Gasteiger partial charge in [-0.2, -0.15) is 0 Å². The molecule has 0 saturated carbocycles. The van der Waals surface area contributed by atoms with Gasteiger partial charge in [-0.3, -0.25) is 15.7 Å². The fourth-order valence-electron chi connectivity index (χ4n) is 1.39. The van der Waals surface area contributed by atoms with Crippen LogP contribution in [0.15, 0.2) is 28.8 Å². The fraction of sp³-hybridized carbons (Fsp3) is 0.500. The molecule has 0 radical (unpaired) electrons. The van der Waals surface area contributed by atoms with Crippen molar-refractivity contribution in [2.24, 2.45) is 4.99 Å². The predicted octanol–water partition coefficient (Wildman–Crippen LogP) is 0.924. The minimum absolute atomic E-state index is 0.311. The van der Waals surface area contributed by atoms with Crippen molar-refractivity contribution in [3.63, 3.8) is 0 Å². The second-order valence-electron chi connectivity index (χ2n) is 4.05. The van der Waals surface area contributed by atoms with Crippen LogP contribution in [0.3, 0.4) is 0 Å². The van der Waals surface area contributed by atoms with Crippen LogP contribution in [0.25, 0.3) is 0 Å². The first kappa shape index (κ1) is 13.3. The van der Waals surface area contributed by atoms with E-state index in [2.05, 4.69) is 33.9 Å². The Balaban J connectivity index is 2.40. The highest BCUT2D eigenvalue weighted by Gasteiger charge is 2.04. The maximum atomic E-state index is 7.67. The van der Waals surface area contributed by atoms with Crippen LogP contribution in [-0.4, -0.2) is 44.5 Å². The minimum Gasteiger partial charge on any atom is -0.352 e. The van der Waals surface area contributed by atoms with E-state index in [0.717, 1.165) is 19.4 Å². The van der Waals surface area contributed by atoms with E-state index in [9.17, 15) is 0 Å². The molecule has 0 fully saturated rings. The lowest BCUT2D eigenvalue weighted by molar-refractivity contribution is 0.597. The number of aliphatic imine (C=N–C) groups is 1. The van der Waals surface area contributed by atoms with E-state index in [1.165, 1.54) is 5.57 Å². The second-order valence-corrected chi connectivity index (χ2v) is 4.05. The molecule has 0 amide bonds. The van der Waals surface area contributed by atoms with Gasteiger partial charge >= 0.3 is 0 Å². The Bertz CT molecular complexity index is 352. The number of allylic oxidation sites excluding steroid dienone is 2. The highest BCUT2D eigenvalue weighted by molar-refractivity contribution is 5.97. The lowest BCUT2D eigenvalue weighted by Crippen LogP contribution is -2.46. The molecule has 1 aliphatic rings. The summed E-state index contributed by atoms with van der Waals surface area (Å²) in [5.41, 5.74) is 1.26. The van der Waals surface area contributed by atoms with Crippen LogP contribution in [0.4, 0.5) is 0 Å². The fourth-order valence-corrected chi connectivity index (χ4v) is 1.39. The summed E-state index contributed by atoms with van der Waals surface area (Å²) < 4.78 is 0. The average Bonchev–Trinajstić information content (AvgIpc) is 2.35. The first-order valence-corrected chi connectivity index (χ1v) is 5.72. The normalized spacial score (nSPS) is 15.2. The summed E-state index contributed by atoms with van der Waals surface area (Å²) in [6, 6.07) is 0. The van der Waals surface area contributed by atoms with Crippen molar-refractivity contribution in [1.82, 2.24) is 15.5 Å². The van der Waals surface area contributed by atoms with Crippen molar-refractivity contribution in [2.75, 3.05) is 27.7 Å². The molecule has 17 heavy (non-hydrogen) atoms. The molecule has 0 unspecified atom stereocenters. The van der Waals surface area contributed by atoms with Gasteiger partial charge in [-0.05, 0) is 18.4 Å². The molecule has 1 aliphatic carbocycles. The molecule has 0 spiro atoms. The lowest BCUT2D eigenvalue weighted by atomic mass is 10.1. The number of nitrogens with one attached hydrogen (secondary N) is 3. The summed E-state index contributed by atoms with van der Waals surface area (Å²) in [4.78, 5) is 5.76. The van der Waals surface area contributed by atoms with Crippen LogP contribution in [0.1, 0.15) is 12.8 Å². The molecule has 0 saturated heterocycles. The number of rotatable bonds is 2. The van der Waals surface area contributed by atoms with E-state index in [1.54, 1.807) is 11.9 Å². The molecule has 0 aromatic rings. The summed E-state index contributed by atoms with van der Waals surface area (Å²) in [5, 5.41) is 13.7. The van der Waals surface area contributed by atoms with Crippen molar-refractivity contribution in [3.8, 4) is 0 Å². The molecule has 5 heteroatoms. The lowest BCUT2D eigenvalue weighted by Gasteiger charge is -2.18. The topological polar surface area (TPSA) is 63.5 Å². The van der Waals surface area contributed by atoms with E-state index in [1.807, 2.05) is 14.1 Å². The van der Waals surface area contributed by atoms with Crippen LogP contribution in [0.2, 0.25) is 0 Å². The van der Waals surface area contributed by atoms with Gasteiger partial charge in [-0.15, -0.1) is 0 Å². The van der Waals surface area contributed by atoms with E-state index >= 15 is 0 Å². The summed E-state index contributed by atoms with van der Waals surface area (Å²) in [6.45, 7) is 0.733. The van der Waals surface area contributed by atoms with Gasteiger partial charge < -0.3 is 10.2 Å². The van der Waals surface area contributed by atoms with E-state index in [4.69, 9.17) is 5.41 Å². The summed E-state index contributed by atoms with van der Waals surface area (Å²) in [5.74, 6) is 0.926. The van der Waals surface area contributed by atoms with Crippen LogP contribution >= 0.6 is 0 Å². The Morgan fingerprint density at radius 2 is 2.24 bits per heavy atom. The third-order valence-electron chi connectivity index (χ3n) is 2.44. The zero-order valence-electron chi connectivity index (χ0n) is 10.7. The van der Waals surface area contributed by atoms with Gasteiger partial charge in [0.2, 0.25) is 0 Å². The van der Waals surface area contributed by atoms with E-state index < -0.39 is 0 Å². The van der Waals surface area contributed by atoms with Gasteiger partial charge in [-0.1, -0.05) is 18.2 Å². The van der Waals surface area contributed by atoms with Crippen molar-refractivity contribution in [2.45, 2.75) is 12.8 Å². The standard InChI is InChI=1S/C12H21N5/c1-14-12(16-11(13)17(2)3)15-9-10-7-5-4-6-8-10/h5,7-8H,4,6,9H2,1-3H3,(H3,13,14,15,16). The maximum Gasteiger partial charge on any atom is 0.198 e. The molecule has 94 valence electrons. The maximum absolute atomic E-state index is 7.67. The number of nitrogens with zero attached hydrogens (tertiary/aromatic N) is 2. The molecular formula is C12H21N5. The summed E-state index contributed by atoms with van der Waals surface area (Å²) >= 11 is 0. The van der Waals surface area contributed by atoms with Crippen LogP contribution in [0.5, 0.6) is 0 Å². The van der Waals surface area contributed by atoms with Crippen molar-refractivity contribution in [1.29, 1.82) is 5.41 Å². The quantitative estimate of drug-likeness (QED) is 0.493. The molecule has 0 aliphatic heterocycles. The SMILES string of the molecule is C/N=C(\NCC1=CCCC=C1)NC(=N)N(C)C. The number of guanidine groups is 2. The minimum atomic E-state index is 0.311. The molecular weight excluding hydrogens is 214 g/mol. The van der Waals surface area contributed by atoms with E-state index in [-0.39, 0.29) is 0 Å². The zero-order valence-corrected chi connectivity index (χ0v) is 10.7. The highest BCUT2D eigenvalue weighted by Crippen LogP contribution is 2.07. The molecule has 3 N–H and O–H groups in total. The highest BCUT2D eigenvalue weighted by atomic mass is 15.3. The Morgan fingerprint density at radius 1 is 1.47 bits per heavy atom. The Hall–Kier alpha value is -1.78. The molecule has 0 bridgehead atoms. The molecule has 0 atom stereocenters. The Kier molecular flexibility index (Phi) is 5.26. The summed E-state index contributed by atoms with van der Waals surface area (Å²) in [6.07, 6.45) is 8.75. The molecule has 5 nitrogen and oxygen atoms in total. The van der Waals surface area contributed by atoms with E-state index in [0.29, 0.717) is 11.9 Å². The van der Waals surface area contributed by atoms with Gasteiger partial charge in [0.15, 0.2) is 11.9 Å². The molecule has 0 aromatic carbocycles.